The number of hydrogen-bond donors (Lipinski definition) is 1. The van der Waals surface area contributed by atoms with Crippen LogP contribution in [-0.2, 0) is 14.3 Å². The summed E-state index contributed by atoms with van der Waals surface area (Å²) in [5.41, 5.74) is 0. The van der Waals surface area contributed by atoms with Crippen molar-refractivity contribution in [2.45, 2.75) is 44.4 Å². The van der Waals surface area contributed by atoms with Crippen molar-refractivity contribution < 1.29 is 14.3 Å². The third-order valence-corrected chi connectivity index (χ3v) is 2.79. The quantitative estimate of drug-likeness (QED) is 0.728. The van der Waals surface area contributed by atoms with Crippen LogP contribution in [0.3, 0.4) is 0 Å². The first-order valence-corrected chi connectivity index (χ1v) is 5.03. The van der Waals surface area contributed by atoms with E-state index in [0.29, 0.717) is 6.10 Å². The van der Waals surface area contributed by atoms with Crippen molar-refractivity contribution in [3.8, 4) is 0 Å². The monoisotopic (exact) mass is 201 g/mol. The molecular formula is C10H19NO3. The molecule has 1 aliphatic carbocycles. The Hall–Kier alpha value is -0.610. The highest BCUT2D eigenvalue weighted by Gasteiger charge is 2.26. The minimum absolute atomic E-state index is 0.0331. The van der Waals surface area contributed by atoms with Gasteiger partial charge in [-0.05, 0) is 26.2 Å². The molecule has 0 saturated heterocycles. The van der Waals surface area contributed by atoms with Crippen molar-refractivity contribution in [2.24, 2.45) is 0 Å². The Morgan fingerprint density at radius 1 is 1.43 bits per heavy atom. The fraction of sp³-hybridized carbons (Fsp3) is 0.900. The van der Waals surface area contributed by atoms with Gasteiger partial charge in [-0.3, -0.25) is 4.79 Å². The molecule has 0 radical (unpaired) electrons. The van der Waals surface area contributed by atoms with E-state index in [0.717, 1.165) is 19.3 Å². The summed E-state index contributed by atoms with van der Waals surface area (Å²) in [7, 11) is 3.25. The van der Waals surface area contributed by atoms with Gasteiger partial charge in [-0.1, -0.05) is 0 Å². The van der Waals surface area contributed by atoms with Gasteiger partial charge < -0.3 is 14.8 Å². The average Bonchev–Trinajstić information content (AvgIpc) is 2.64. The molecule has 3 atom stereocenters. The molecule has 1 amide bonds. The van der Waals surface area contributed by atoms with Crippen LogP contribution in [0, 0.1) is 0 Å². The van der Waals surface area contributed by atoms with E-state index >= 15 is 0 Å². The lowest BCUT2D eigenvalue weighted by Crippen LogP contribution is -2.40. The minimum atomic E-state index is -0.364. The van der Waals surface area contributed by atoms with Crippen molar-refractivity contribution in [1.82, 2.24) is 5.32 Å². The Morgan fingerprint density at radius 2 is 2.14 bits per heavy atom. The van der Waals surface area contributed by atoms with Crippen LogP contribution in [0.25, 0.3) is 0 Å². The topological polar surface area (TPSA) is 47.6 Å². The largest absolute Gasteiger partial charge is 0.381 e. The first-order chi connectivity index (χ1) is 6.67. The second-order valence-electron chi connectivity index (χ2n) is 3.75. The first kappa shape index (κ1) is 11.5. The van der Waals surface area contributed by atoms with E-state index in [1.807, 2.05) is 0 Å². The number of rotatable bonds is 4. The predicted molar refractivity (Wildman–Crippen MR) is 53.0 cm³/mol. The third-order valence-electron chi connectivity index (χ3n) is 2.79. The molecule has 0 heterocycles. The van der Waals surface area contributed by atoms with Crippen LogP contribution in [0.5, 0.6) is 0 Å². The molecular weight excluding hydrogens is 182 g/mol. The van der Waals surface area contributed by atoms with E-state index in [-0.39, 0.29) is 18.1 Å². The maximum absolute atomic E-state index is 11.4. The molecule has 1 rings (SSSR count). The van der Waals surface area contributed by atoms with E-state index in [1.165, 1.54) is 7.11 Å². The van der Waals surface area contributed by atoms with Crippen LogP contribution in [-0.4, -0.2) is 38.4 Å². The van der Waals surface area contributed by atoms with Crippen LogP contribution in [0.1, 0.15) is 26.2 Å². The summed E-state index contributed by atoms with van der Waals surface area (Å²) >= 11 is 0. The summed E-state index contributed by atoms with van der Waals surface area (Å²) in [6, 6.07) is 0.255. The zero-order valence-electron chi connectivity index (χ0n) is 9.08. The Kier molecular flexibility index (Phi) is 4.35. The average molecular weight is 201 g/mol. The molecule has 1 N–H and O–H groups in total. The molecule has 1 fully saturated rings. The van der Waals surface area contributed by atoms with Crippen LogP contribution >= 0.6 is 0 Å². The van der Waals surface area contributed by atoms with Gasteiger partial charge in [0.2, 0.25) is 5.91 Å². The molecule has 0 aromatic rings. The number of ether oxygens (including phenoxy) is 2. The summed E-state index contributed by atoms with van der Waals surface area (Å²) in [4.78, 5) is 11.4. The summed E-state index contributed by atoms with van der Waals surface area (Å²) < 4.78 is 10.2. The highest BCUT2D eigenvalue weighted by Crippen LogP contribution is 2.21. The number of carbonyl (C=O) groups excluding carboxylic acids is 1. The first-order valence-electron chi connectivity index (χ1n) is 5.03. The lowest BCUT2D eigenvalue weighted by molar-refractivity contribution is -0.130. The summed E-state index contributed by atoms with van der Waals surface area (Å²) in [6.07, 6.45) is 2.89. The molecule has 4 heteroatoms. The van der Waals surface area contributed by atoms with Crippen LogP contribution < -0.4 is 5.32 Å². The lowest BCUT2D eigenvalue weighted by Gasteiger charge is -2.15. The van der Waals surface area contributed by atoms with Gasteiger partial charge in [0.1, 0.15) is 6.10 Å². The highest BCUT2D eigenvalue weighted by molar-refractivity contribution is 5.80. The third kappa shape index (κ3) is 2.96. The minimum Gasteiger partial charge on any atom is -0.381 e. The zero-order chi connectivity index (χ0) is 10.6. The van der Waals surface area contributed by atoms with Gasteiger partial charge >= 0.3 is 0 Å². The van der Waals surface area contributed by atoms with Gasteiger partial charge in [0.25, 0.3) is 0 Å². The van der Waals surface area contributed by atoms with Crippen LogP contribution in [0.15, 0.2) is 0 Å². The second kappa shape index (κ2) is 5.32. The maximum atomic E-state index is 11.4. The molecule has 1 saturated carbocycles. The summed E-state index contributed by atoms with van der Waals surface area (Å²) in [6.45, 7) is 1.75. The van der Waals surface area contributed by atoms with Crippen LogP contribution in [0.2, 0.25) is 0 Å². The van der Waals surface area contributed by atoms with Crippen molar-refractivity contribution >= 4 is 5.91 Å². The van der Waals surface area contributed by atoms with Gasteiger partial charge in [-0.25, -0.2) is 0 Å². The predicted octanol–water partition coefficient (Wildman–Crippen LogP) is 0.705. The highest BCUT2D eigenvalue weighted by atomic mass is 16.5. The van der Waals surface area contributed by atoms with Crippen molar-refractivity contribution in [1.29, 1.82) is 0 Å². The fourth-order valence-corrected chi connectivity index (χ4v) is 1.71. The van der Waals surface area contributed by atoms with Gasteiger partial charge in [0, 0.05) is 20.3 Å². The molecule has 82 valence electrons. The number of amides is 1. The molecule has 1 aliphatic rings. The van der Waals surface area contributed by atoms with E-state index < -0.39 is 0 Å². The lowest BCUT2D eigenvalue weighted by atomic mass is 10.2. The second-order valence-corrected chi connectivity index (χ2v) is 3.75. The van der Waals surface area contributed by atoms with Gasteiger partial charge in [-0.15, -0.1) is 0 Å². The van der Waals surface area contributed by atoms with Crippen molar-refractivity contribution in [3.05, 3.63) is 0 Å². The Labute approximate surface area is 85.0 Å². The van der Waals surface area contributed by atoms with E-state index in [4.69, 9.17) is 9.47 Å². The van der Waals surface area contributed by atoms with Gasteiger partial charge in [-0.2, -0.15) is 0 Å². The Balaban J connectivity index is 2.28. The van der Waals surface area contributed by atoms with Crippen molar-refractivity contribution in [3.63, 3.8) is 0 Å². The standard InChI is InChI=1S/C10H19NO3/c1-7(13-2)10(12)11-8-4-5-9(6-8)14-3/h7-9H,4-6H2,1-3H3,(H,11,12). The number of nitrogens with one attached hydrogen (secondary N) is 1. The summed E-state index contributed by atoms with van der Waals surface area (Å²) in [5.74, 6) is -0.0331. The Morgan fingerprint density at radius 3 is 2.64 bits per heavy atom. The molecule has 0 aromatic carbocycles. The normalized spacial score (nSPS) is 28.8. The SMILES string of the molecule is COC1CCC(NC(=O)C(C)OC)C1. The number of hydrogen-bond acceptors (Lipinski definition) is 3. The molecule has 0 aromatic heterocycles. The molecule has 0 bridgehead atoms. The van der Waals surface area contributed by atoms with Gasteiger partial charge in [0.15, 0.2) is 0 Å². The van der Waals surface area contributed by atoms with E-state index in [9.17, 15) is 4.79 Å². The molecule has 14 heavy (non-hydrogen) atoms. The van der Waals surface area contributed by atoms with Gasteiger partial charge in [0.05, 0.1) is 6.10 Å². The summed E-state index contributed by atoms with van der Waals surface area (Å²) in [5, 5.41) is 2.95. The van der Waals surface area contributed by atoms with E-state index in [1.54, 1.807) is 14.0 Å². The maximum Gasteiger partial charge on any atom is 0.249 e. The van der Waals surface area contributed by atoms with E-state index in [2.05, 4.69) is 5.32 Å². The smallest absolute Gasteiger partial charge is 0.249 e. The zero-order valence-corrected chi connectivity index (χ0v) is 9.08. The van der Waals surface area contributed by atoms with Crippen LogP contribution in [0.4, 0.5) is 0 Å². The molecule has 0 aliphatic heterocycles. The fourth-order valence-electron chi connectivity index (χ4n) is 1.71. The number of methoxy groups -OCH3 is 2. The Bertz CT molecular complexity index is 196. The molecule has 0 spiro atoms. The molecule has 4 nitrogen and oxygen atoms in total. The van der Waals surface area contributed by atoms with Crippen molar-refractivity contribution in [2.75, 3.05) is 14.2 Å². The molecule has 3 unspecified atom stereocenters. The number of carbonyl (C=O) groups is 1.